The number of rotatable bonds is 10. The van der Waals surface area contributed by atoms with E-state index in [2.05, 4.69) is 34.4 Å². The molecule has 46 heavy (non-hydrogen) atoms. The number of hydrogen-bond acceptors (Lipinski definition) is 6. The molecular weight excluding hydrogens is 592 g/mol. The van der Waals surface area contributed by atoms with Gasteiger partial charge < -0.3 is 31.5 Å². The van der Waals surface area contributed by atoms with Crippen molar-refractivity contribution in [2.24, 2.45) is 0 Å². The number of benzene rings is 1. The number of hydrogen-bond donors (Lipinski definition) is 6. The molecule has 1 aromatic carbocycles. The fourth-order valence-electron chi connectivity index (χ4n) is 1.69. The molecule has 4 amide bonds. The van der Waals surface area contributed by atoms with Gasteiger partial charge in [0.1, 0.15) is 0 Å². The van der Waals surface area contributed by atoms with E-state index in [-0.39, 0.29) is 49.6 Å². The highest BCUT2D eigenvalue weighted by molar-refractivity contribution is 5.96. The molecule has 0 atom stereocenters. The van der Waals surface area contributed by atoms with Gasteiger partial charge in [-0.15, -0.1) is 13.2 Å². The molecule has 12 nitrogen and oxygen atoms in total. The third-order valence-corrected chi connectivity index (χ3v) is 3.77. The summed E-state index contributed by atoms with van der Waals surface area (Å²) in [5.41, 5.74) is 1.23. The molecule has 0 aliphatic carbocycles. The molecule has 0 spiro atoms. The molecule has 1 aromatic rings. The van der Waals surface area contributed by atoms with E-state index in [0.717, 1.165) is 5.56 Å². The third kappa shape index (κ3) is 55.7. The van der Waals surface area contributed by atoms with Crippen molar-refractivity contribution in [3.8, 4) is 0 Å². The lowest BCUT2D eigenvalue weighted by Crippen LogP contribution is -2.36. The van der Waals surface area contributed by atoms with Crippen LogP contribution in [0.25, 0.3) is 0 Å². The molecule has 0 heterocycles. The van der Waals surface area contributed by atoms with Gasteiger partial charge in [-0.3, -0.25) is 28.8 Å². The Morgan fingerprint density at radius 1 is 0.565 bits per heavy atom. The zero-order valence-corrected chi connectivity index (χ0v) is 31.3. The highest BCUT2D eigenvalue weighted by Gasteiger charge is 2.08. The van der Waals surface area contributed by atoms with Gasteiger partial charge in [0.25, 0.3) is 5.91 Å². The zero-order chi connectivity index (χ0) is 38.5. The summed E-state index contributed by atoms with van der Waals surface area (Å²) in [6.45, 7) is 31.1. The second kappa shape index (κ2) is 56.6. The molecule has 0 saturated heterocycles. The summed E-state index contributed by atoms with van der Waals surface area (Å²) >= 11 is 0. The normalized spacial score (nSPS) is 7.43. The Morgan fingerprint density at radius 3 is 1.22 bits per heavy atom. The summed E-state index contributed by atoms with van der Waals surface area (Å²) in [6, 6.07) is 6.64. The van der Waals surface area contributed by atoms with Crippen LogP contribution in [0, 0.1) is 0 Å². The number of nitrogens with one attached hydrogen (secondary N) is 4. The molecule has 0 unspecified atom stereocenters. The lowest BCUT2D eigenvalue weighted by molar-refractivity contribution is -0.137. The summed E-state index contributed by atoms with van der Waals surface area (Å²) in [5.74, 6) is -2.59. The van der Waals surface area contributed by atoms with Gasteiger partial charge in [-0.05, 0) is 17.7 Å². The predicted molar refractivity (Wildman–Crippen MR) is 192 cm³/mol. The molecule has 0 saturated carbocycles. The molecule has 1 rings (SSSR count). The minimum absolute atomic E-state index is 0.0628. The van der Waals surface area contributed by atoms with Crippen LogP contribution in [0.4, 0.5) is 0 Å². The Balaban J connectivity index is -0.0000000901. The van der Waals surface area contributed by atoms with Crippen LogP contribution in [-0.2, 0) is 30.5 Å². The lowest BCUT2D eigenvalue weighted by atomic mass is 10.1. The highest BCUT2D eigenvalue weighted by atomic mass is 16.4. The van der Waals surface area contributed by atoms with Crippen molar-refractivity contribution >= 4 is 35.6 Å². The maximum absolute atomic E-state index is 11.8. The fraction of sp³-hybridized carbons (Fsp3) is 0.588. The van der Waals surface area contributed by atoms with Crippen LogP contribution in [0.5, 0.6) is 0 Å². The molecule has 0 aromatic heterocycles. The monoisotopic (exact) mass is 661 g/mol. The van der Waals surface area contributed by atoms with Gasteiger partial charge in [-0.25, -0.2) is 0 Å². The average molecular weight is 661 g/mol. The van der Waals surface area contributed by atoms with E-state index in [1.807, 2.05) is 69.2 Å². The van der Waals surface area contributed by atoms with E-state index in [4.69, 9.17) is 10.2 Å². The van der Waals surface area contributed by atoms with Crippen LogP contribution >= 0.6 is 0 Å². The molecule has 0 aliphatic heterocycles. The van der Waals surface area contributed by atoms with E-state index in [9.17, 15) is 28.8 Å². The zero-order valence-electron chi connectivity index (χ0n) is 31.3. The molecule has 0 radical (unpaired) electrons. The largest absolute Gasteiger partial charge is 0.481 e. The van der Waals surface area contributed by atoms with Crippen LogP contribution in [0.1, 0.15) is 125 Å². The number of likely N-dealkylation sites (N-methyl/N-ethyl adjacent to an activating group) is 1. The lowest BCUT2D eigenvalue weighted by Gasteiger charge is -2.08. The Hall–Kier alpha value is -4.22. The number of amides is 4. The van der Waals surface area contributed by atoms with Gasteiger partial charge in [0.15, 0.2) is 0 Å². The van der Waals surface area contributed by atoms with Crippen molar-refractivity contribution in [2.75, 3.05) is 20.1 Å². The summed E-state index contributed by atoms with van der Waals surface area (Å²) in [4.78, 5) is 64.2. The Bertz CT molecular complexity index is 817. The molecular formula is C34H68N4O8. The number of aliphatic carboxylic acids is 2. The van der Waals surface area contributed by atoms with Crippen LogP contribution in [0.15, 0.2) is 37.4 Å². The van der Waals surface area contributed by atoms with Crippen molar-refractivity contribution in [1.82, 2.24) is 21.3 Å². The average Bonchev–Trinajstić information content (AvgIpc) is 3.14. The van der Waals surface area contributed by atoms with Crippen molar-refractivity contribution in [3.63, 3.8) is 0 Å². The van der Waals surface area contributed by atoms with Crippen LogP contribution in [0.2, 0.25) is 0 Å². The van der Waals surface area contributed by atoms with E-state index in [1.54, 1.807) is 45.0 Å². The Labute approximate surface area is 280 Å². The van der Waals surface area contributed by atoms with Gasteiger partial charge in [0.2, 0.25) is 17.7 Å². The molecule has 0 aliphatic rings. The van der Waals surface area contributed by atoms with Crippen molar-refractivity contribution in [3.05, 3.63) is 48.6 Å². The smallest absolute Gasteiger partial charge is 0.303 e. The van der Waals surface area contributed by atoms with E-state index in [1.165, 1.54) is 7.05 Å². The standard InChI is InChI=1S/C16H22N4O4.2C3H6O2.5C2H6.C2H4/c1-3-13(21)19-10-15(23)18-8-11-4-6-12(7-5-11)16(24)20-9-14(22)17-2;2*1-2-3(4)5;6*1-2/h4-7H,3,8-10H2,1-2H3,(H,17,22)(H,18,23)(H,19,21)(H,20,24);2*2H2,1H3,(H,4,5);5*1-2H3;1-2H2. The minimum atomic E-state index is -0.745. The summed E-state index contributed by atoms with van der Waals surface area (Å²) in [5, 5.41) is 25.5. The molecule has 6 N–H and O–H groups in total. The first kappa shape index (κ1) is 60.9. The second-order valence-electron chi connectivity index (χ2n) is 6.45. The maximum Gasteiger partial charge on any atom is 0.303 e. The van der Waals surface area contributed by atoms with Gasteiger partial charge in [-0.2, -0.15) is 0 Å². The van der Waals surface area contributed by atoms with E-state index < -0.39 is 11.9 Å². The Morgan fingerprint density at radius 2 is 0.913 bits per heavy atom. The van der Waals surface area contributed by atoms with Crippen LogP contribution in [0.3, 0.4) is 0 Å². The topological polar surface area (TPSA) is 191 Å². The summed E-state index contributed by atoms with van der Waals surface area (Å²) in [6.07, 6.45) is 0.775. The summed E-state index contributed by atoms with van der Waals surface area (Å²) in [7, 11) is 1.49. The number of carbonyl (C=O) groups is 6. The number of carboxylic acids is 2. The fourth-order valence-corrected chi connectivity index (χ4v) is 1.69. The highest BCUT2D eigenvalue weighted by Crippen LogP contribution is 2.04. The number of carboxylic acid groups (broad SMARTS) is 2. The second-order valence-corrected chi connectivity index (χ2v) is 6.45. The number of carbonyl (C=O) groups excluding carboxylic acids is 4. The van der Waals surface area contributed by atoms with Crippen molar-refractivity contribution in [1.29, 1.82) is 0 Å². The summed E-state index contributed by atoms with van der Waals surface area (Å²) < 4.78 is 0. The molecule has 12 heteroatoms. The minimum Gasteiger partial charge on any atom is -0.481 e. The third-order valence-electron chi connectivity index (χ3n) is 3.77. The van der Waals surface area contributed by atoms with Crippen LogP contribution in [-0.4, -0.2) is 65.9 Å². The molecule has 0 fully saturated rings. The Kier molecular flexibility index (Phi) is 74.9. The quantitative estimate of drug-likeness (QED) is 0.160. The first-order chi connectivity index (χ1) is 22.0. The van der Waals surface area contributed by atoms with Gasteiger partial charge in [0, 0.05) is 38.4 Å². The van der Waals surface area contributed by atoms with E-state index >= 15 is 0 Å². The first-order valence-electron chi connectivity index (χ1n) is 16.0. The van der Waals surface area contributed by atoms with Gasteiger partial charge >= 0.3 is 11.9 Å². The van der Waals surface area contributed by atoms with Crippen LogP contribution < -0.4 is 21.3 Å². The SMILES string of the molecule is C=C.CC.CC.CC.CC.CC.CCC(=O)NCC(=O)NCc1ccc(C(=O)NCC(=O)NC)cc1.CCC(=O)O.CCC(=O)O. The maximum atomic E-state index is 11.8. The first-order valence-corrected chi connectivity index (χ1v) is 16.0. The van der Waals surface area contributed by atoms with Gasteiger partial charge in [-0.1, -0.05) is 102 Å². The van der Waals surface area contributed by atoms with Crippen molar-refractivity contribution in [2.45, 2.75) is 116 Å². The van der Waals surface area contributed by atoms with Gasteiger partial charge in [0.05, 0.1) is 13.1 Å². The predicted octanol–water partition coefficient (Wildman–Crippen LogP) is 6.20. The van der Waals surface area contributed by atoms with E-state index in [0.29, 0.717) is 18.5 Å². The molecule has 0 bridgehead atoms. The molecule has 272 valence electrons. The van der Waals surface area contributed by atoms with Crippen molar-refractivity contribution < 1.29 is 39.0 Å².